The predicted octanol–water partition coefficient (Wildman–Crippen LogP) is 4.25. The molecular weight excluding hydrogens is 427 g/mol. The quantitative estimate of drug-likeness (QED) is 0.442. The lowest BCUT2D eigenvalue weighted by atomic mass is 10.2. The maximum atomic E-state index is 13.3. The molecule has 1 aliphatic heterocycles. The molecule has 1 N–H and O–H groups in total. The fourth-order valence-electron chi connectivity index (χ4n) is 3.06. The lowest BCUT2D eigenvalue weighted by Gasteiger charge is -2.07. The fourth-order valence-corrected chi connectivity index (χ4v) is 4.34. The smallest absolute Gasteiger partial charge is 0.266 e. The van der Waals surface area contributed by atoms with Gasteiger partial charge in [-0.2, -0.15) is 4.98 Å². The molecule has 0 radical (unpaired) electrons. The molecule has 31 heavy (non-hydrogen) atoms. The Morgan fingerprint density at radius 1 is 1.03 bits per heavy atom. The number of furan rings is 1. The molecule has 0 amide bonds. The van der Waals surface area contributed by atoms with Crippen molar-refractivity contribution in [2.24, 2.45) is 0 Å². The second-order valence-corrected chi connectivity index (χ2v) is 8.49. The van der Waals surface area contributed by atoms with E-state index in [-0.39, 0.29) is 40.8 Å². The summed E-state index contributed by atoms with van der Waals surface area (Å²) in [6.45, 7) is 0.385. The number of fused-ring (bicyclic) bond motifs is 1. The highest BCUT2D eigenvalue weighted by Gasteiger charge is 2.29. The molecular formula is C21H15FN2O6S. The molecule has 2 aromatic carbocycles. The van der Waals surface area contributed by atoms with Crippen LogP contribution in [0.5, 0.6) is 11.5 Å². The first kappa shape index (κ1) is 19.2. The topological polar surface area (TPSA) is 104 Å². The number of nitrogens with zero attached hydrogens (tertiary/aromatic N) is 1. The van der Waals surface area contributed by atoms with Gasteiger partial charge in [0.25, 0.3) is 5.89 Å². The molecule has 0 spiro atoms. The van der Waals surface area contributed by atoms with Crippen molar-refractivity contribution < 1.29 is 31.1 Å². The first-order valence-corrected chi connectivity index (χ1v) is 10.7. The maximum Gasteiger partial charge on any atom is 0.266 e. The van der Waals surface area contributed by atoms with Crippen LogP contribution >= 0.6 is 0 Å². The van der Waals surface area contributed by atoms with Crippen LogP contribution in [0.25, 0.3) is 11.7 Å². The van der Waals surface area contributed by atoms with E-state index in [1.54, 1.807) is 24.3 Å². The van der Waals surface area contributed by atoms with Crippen molar-refractivity contribution in [2.75, 3.05) is 12.1 Å². The Morgan fingerprint density at radius 3 is 2.61 bits per heavy atom. The zero-order chi connectivity index (χ0) is 21.4. The summed E-state index contributed by atoms with van der Waals surface area (Å²) in [6.07, 6.45) is 1.42. The molecule has 2 aromatic heterocycles. The number of rotatable bonds is 6. The van der Waals surface area contributed by atoms with Gasteiger partial charge in [-0.1, -0.05) is 6.07 Å². The van der Waals surface area contributed by atoms with Crippen LogP contribution in [-0.4, -0.2) is 20.2 Å². The summed E-state index contributed by atoms with van der Waals surface area (Å²) < 4.78 is 61.2. The fraction of sp³-hybridized carbons (Fsp3) is 0.0952. The molecule has 0 saturated carbocycles. The molecule has 0 unspecified atom stereocenters. The Labute approximate surface area is 176 Å². The molecule has 10 heteroatoms. The predicted molar refractivity (Wildman–Crippen MR) is 106 cm³/mol. The third-order valence-corrected chi connectivity index (χ3v) is 6.28. The summed E-state index contributed by atoms with van der Waals surface area (Å²) in [4.78, 5) is 4.03. The highest BCUT2D eigenvalue weighted by Crippen LogP contribution is 2.35. The van der Waals surface area contributed by atoms with E-state index >= 15 is 0 Å². The molecule has 0 aliphatic carbocycles. The van der Waals surface area contributed by atoms with Gasteiger partial charge in [0.1, 0.15) is 5.82 Å². The van der Waals surface area contributed by atoms with Crippen LogP contribution in [0.1, 0.15) is 5.56 Å². The van der Waals surface area contributed by atoms with E-state index in [2.05, 4.69) is 10.3 Å². The average Bonchev–Trinajstić information content (AvgIpc) is 3.52. The van der Waals surface area contributed by atoms with Gasteiger partial charge >= 0.3 is 0 Å². The lowest BCUT2D eigenvalue weighted by molar-refractivity contribution is 0.174. The number of oxazole rings is 1. The lowest BCUT2D eigenvalue weighted by Crippen LogP contribution is -2.07. The summed E-state index contributed by atoms with van der Waals surface area (Å²) in [6, 6.07) is 13.1. The van der Waals surface area contributed by atoms with Gasteiger partial charge in [-0.3, -0.25) is 0 Å². The minimum Gasteiger partial charge on any atom is -0.459 e. The van der Waals surface area contributed by atoms with E-state index in [9.17, 15) is 12.8 Å². The molecule has 3 heterocycles. The molecule has 4 aromatic rings. The minimum absolute atomic E-state index is 0.00104. The summed E-state index contributed by atoms with van der Waals surface area (Å²) in [7, 11) is -4.09. The van der Waals surface area contributed by atoms with Gasteiger partial charge < -0.3 is 23.6 Å². The second kappa shape index (κ2) is 7.47. The van der Waals surface area contributed by atoms with E-state index in [0.717, 1.165) is 17.7 Å². The minimum atomic E-state index is -4.09. The third kappa shape index (κ3) is 3.61. The van der Waals surface area contributed by atoms with Crippen molar-refractivity contribution in [3.05, 3.63) is 72.2 Å². The normalized spacial score (nSPS) is 12.8. The molecule has 0 atom stereocenters. The number of sulfone groups is 1. The van der Waals surface area contributed by atoms with Gasteiger partial charge in [-0.25, -0.2) is 12.8 Å². The molecule has 0 saturated heterocycles. The van der Waals surface area contributed by atoms with Crippen LogP contribution in [0.4, 0.5) is 10.3 Å². The first-order chi connectivity index (χ1) is 15.0. The Kier molecular flexibility index (Phi) is 4.63. The van der Waals surface area contributed by atoms with E-state index in [1.165, 1.54) is 18.4 Å². The Hall–Kier alpha value is -3.79. The van der Waals surface area contributed by atoms with Gasteiger partial charge in [0.05, 0.1) is 11.2 Å². The SMILES string of the molecule is O=S(=O)(c1ccc(F)cc1)c1nc(-c2ccco2)oc1NCc1ccc2c(c1)OCO2. The van der Waals surface area contributed by atoms with Crippen LogP contribution in [0.3, 0.4) is 0 Å². The molecule has 0 bridgehead atoms. The van der Waals surface area contributed by atoms with Gasteiger partial charge in [0, 0.05) is 6.54 Å². The molecule has 1 aliphatic rings. The number of halogens is 1. The van der Waals surface area contributed by atoms with Crippen molar-refractivity contribution in [2.45, 2.75) is 16.5 Å². The van der Waals surface area contributed by atoms with Crippen LogP contribution in [0, 0.1) is 5.82 Å². The highest BCUT2D eigenvalue weighted by molar-refractivity contribution is 7.91. The highest BCUT2D eigenvalue weighted by atomic mass is 32.2. The zero-order valence-corrected chi connectivity index (χ0v) is 16.7. The number of hydrogen-bond acceptors (Lipinski definition) is 8. The Bertz CT molecular complexity index is 1330. The molecule has 8 nitrogen and oxygen atoms in total. The zero-order valence-electron chi connectivity index (χ0n) is 15.9. The van der Waals surface area contributed by atoms with Crippen molar-refractivity contribution >= 4 is 15.7 Å². The van der Waals surface area contributed by atoms with Crippen LogP contribution in [0.15, 0.2) is 79.6 Å². The third-order valence-electron chi connectivity index (χ3n) is 4.60. The number of nitrogens with one attached hydrogen (secondary N) is 1. The standard InChI is InChI=1S/C21H15FN2O6S/c22-14-4-6-15(7-5-14)31(25,26)21-20(30-19(24-21)17-2-1-9-27-17)23-11-13-3-8-16-18(10-13)29-12-28-16/h1-10,23H,11-12H2. The van der Waals surface area contributed by atoms with Crippen LogP contribution in [0.2, 0.25) is 0 Å². The number of aromatic nitrogens is 1. The summed E-state index contributed by atoms with van der Waals surface area (Å²) in [5, 5.41) is 2.64. The average molecular weight is 442 g/mol. The van der Waals surface area contributed by atoms with Crippen molar-refractivity contribution in [1.29, 1.82) is 0 Å². The molecule has 0 fully saturated rings. The molecule has 158 valence electrons. The Morgan fingerprint density at radius 2 is 1.84 bits per heavy atom. The first-order valence-electron chi connectivity index (χ1n) is 9.18. The Balaban J connectivity index is 1.50. The number of anilines is 1. The molecule has 5 rings (SSSR count). The van der Waals surface area contributed by atoms with E-state index < -0.39 is 15.7 Å². The van der Waals surface area contributed by atoms with E-state index in [1.807, 2.05) is 6.07 Å². The second-order valence-electron chi connectivity index (χ2n) is 6.63. The van der Waals surface area contributed by atoms with E-state index in [4.69, 9.17) is 18.3 Å². The largest absolute Gasteiger partial charge is 0.459 e. The van der Waals surface area contributed by atoms with E-state index in [0.29, 0.717) is 11.5 Å². The number of ether oxygens (including phenoxy) is 2. The number of hydrogen-bond donors (Lipinski definition) is 1. The summed E-state index contributed by atoms with van der Waals surface area (Å²) in [5.74, 6) is 0.908. The van der Waals surface area contributed by atoms with Crippen LogP contribution < -0.4 is 14.8 Å². The van der Waals surface area contributed by atoms with Gasteiger partial charge in [0.15, 0.2) is 17.3 Å². The monoisotopic (exact) mass is 442 g/mol. The van der Waals surface area contributed by atoms with Crippen LogP contribution in [-0.2, 0) is 16.4 Å². The maximum absolute atomic E-state index is 13.3. The number of benzene rings is 2. The van der Waals surface area contributed by atoms with Gasteiger partial charge in [0.2, 0.25) is 27.5 Å². The summed E-state index contributed by atoms with van der Waals surface area (Å²) >= 11 is 0. The summed E-state index contributed by atoms with van der Waals surface area (Å²) in [5.41, 5.74) is 0.810. The van der Waals surface area contributed by atoms with Gasteiger partial charge in [-0.05, 0) is 54.1 Å². The van der Waals surface area contributed by atoms with Crippen molar-refractivity contribution in [3.8, 4) is 23.1 Å². The van der Waals surface area contributed by atoms with Crippen molar-refractivity contribution in [1.82, 2.24) is 4.98 Å². The van der Waals surface area contributed by atoms with Gasteiger partial charge in [-0.15, -0.1) is 0 Å². The van der Waals surface area contributed by atoms with Crippen molar-refractivity contribution in [3.63, 3.8) is 0 Å².